The molecule has 6 atom stereocenters. The van der Waals surface area contributed by atoms with Crippen LogP contribution in [-0.4, -0.2) is 83.2 Å². The van der Waals surface area contributed by atoms with Gasteiger partial charge in [-0.15, -0.1) is 0 Å². The van der Waals surface area contributed by atoms with Crippen molar-refractivity contribution in [2.75, 3.05) is 18.6 Å². The number of halogens is 2. The summed E-state index contributed by atoms with van der Waals surface area (Å²) in [6.07, 6.45) is -3.13. The number of hydrogen-bond donors (Lipinski definition) is 7. The van der Waals surface area contributed by atoms with Gasteiger partial charge in [-0.25, -0.2) is 23.8 Å². The van der Waals surface area contributed by atoms with Crippen LogP contribution in [0.15, 0.2) is 11.5 Å². The first-order valence-electron chi connectivity index (χ1n) is 8.92. The zero-order chi connectivity index (χ0) is 26.6. The second-order valence-electron chi connectivity index (χ2n) is 6.89. The Labute approximate surface area is 217 Å². The van der Waals surface area contributed by atoms with E-state index in [-0.39, 0.29) is 17.0 Å². The zero-order valence-corrected chi connectivity index (χ0v) is 23.8. The largest absolute Gasteiger partial charge is 0.479 e. The maximum absolute atomic E-state index is 12.2. The molecule has 0 aliphatic carbocycles. The molecule has 2 aromatic rings. The molecule has 0 amide bonds. The van der Waals surface area contributed by atoms with Crippen LogP contribution in [0.1, 0.15) is 6.23 Å². The minimum atomic E-state index is -5.58. The number of thioether (sulfide) groups is 1. The highest BCUT2D eigenvalue weighted by molar-refractivity contribution is 9.29. The van der Waals surface area contributed by atoms with Crippen molar-refractivity contribution in [2.45, 2.75) is 32.4 Å². The van der Waals surface area contributed by atoms with Crippen molar-refractivity contribution in [2.24, 2.45) is 0 Å². The van der Waals surface area contributed by atoms with E-state index in [9.17, 15) is 43.5 Å². The number of fused-ring (bicyclic) bond motifs is 1. The third-order valence-corrected chi connectivity index (χ3v) is 15.6. The summed E-state index contributed by atoms with van der Waals surface area (Å²) >= 11 is 5.74. The van der Waals surface area contributed by atoms with E-state index in [0.29, 0.717) is 5.16 Å². The fourth-order valence-corrected chi connectivity index (χ4v) is 8.05. The average Bonchev–Trinajstić information content (AvgIpc) is 3.26. The van der Waals surface area contributed by atoms with E-state index in [2.05, 4.69) is 55.6 Å². The van der Waals surface area contributed by atoms with Crippen LogP contribution in [0.25, 0.3) is 11.2 Å². The van der Waals surface area contributed by atoms with Crippen LogP contribution in [0.4, 0.5) is 5.82 Å². The van der Waals surface area contributed by atoms with E-state index < -0.39 is 56.9 Å². The summed E-state index contributed by atoms with van der Waals surface area (Å²) in [6, 6.07) is 0. The second kappa shape index (κ2) is 10.3. The van der Waals surface area contributed by atoms with Gasteiger partial charge in [-0.2, -0.15) is 0 Å². The van der Waals surface area contributed by atoms with Crippen molar-refractivity contribution in [3.8, 4) is 0 Å². The Morgan fingerprint density at radius 3 is 2.40 bits per heavy atom. The molecule has 0 spiro atoms. The van der Waals surface area contributed by atoms with Crippen molar-refractivity contribution in [1.82, 2.24) is 19.5 Å². The predicted molar refractivity (Wildman–Crippen MR) is 127 cm³/mol. The lowest BCUT2D eigenvalue weighted by Crippen LogP contribution is -2.33. The monoisotopic (exact) mass is 707 g/mol. The molecule has 2 unspecified atom stereocenters. The minimum absolute atomic E-state index is 0.0581. The molecule has 0 radical (unpaired) electrons. The number of phosphoric acid groups is 1. The number of imidazole rings is 1. The van der Waals surface area contributed by atoms with E-state index >= 15 is 0 Å². The lowest BCUT2D eigenvalue weighted by molar-refractivity contribution is -0.0502. The SMILES string of the molecule is CSc1nc(N)c2ncn([C@H]3O[C@@H](COP(=O)(O)OP(=O)(O)C(Br)(Br)P(=O)(O)O)[C@H](O)[C@@H]3O)c2n1. The number of aliphatic hydroxyl groups excluding tert-OH is 2. The van der Waals surface area contributed by atoms with Crippen molar-refractivity contribution in [3.05, 3.63) is 6.33 Å². The topological polar surface area (TPSA) is 270 Å². The summed E-state index contributed by atoms with van der Waals surface area (Å²) in [4.78, 5) is 50.3. The molecule has 198 valence electrons. The van der Waals surface area contributed by atoms with E-state index in [1.54, 1.807) is 6.26 Å². The first-order chi connectivity index (χ1) is 15.9. The molecule has 35 heavy (non-hydrogen) atoms. The predicted octanol–water partition coefficient (Wildman–Crippen LogP) is 0.647. The first-order valence-corrected chi connectivity index (χ1v) is 16.4. The van der Waals surface area contributed by atoms with Gasteiger partial charge < -0.3 is 40.3 Å². The number of anilines is 1. The summed E-state index contributed by atoms with van der Waals surface area (Å²) in [7, 11) is -16.5. The standard InChI is InChI=1S/C12H18Br2N5O12P3S/c1-35-11-17-8(15)5-9(18-11)19(3-16-5)10-7(21)6(20)4(30-10)2-29-34(27,28)31-33(25,26)12(13,14)32(22,23)24/h3-4,6-7,10,20-21H,2H2,1H3,(H,25,26)(H,27,28)(H2,15,17,18)(H2,22,23,24)/t4-,6-,7-,10-/m0/s1. The van der Waals surface area contributed by atoms with Crippen molar-refractivity contribution in [3.63, 3.8) is 0 Å². The summed E-state index contributed by atoms with van der Waals surface area (Å²) in [5.41, 5.74) is 6.21. The van der Waals surface area contributed by atoms with Crippen LogP contribution < -0.4 is 5.73 Å². The minimum Gasteiger partial charge on any atom is -0.387 e. The van der Waals surface area contributed by atoms with Crippen molar-refractivity contribution < 1.29 is 57.1 Å². The second-order valence-corrected chi connectivity index (χ2v) is 19.2. The summed E-state index contributed by atoms with van der Waals surface area (Å²) < 4.78 is 48.1. The molecule has 1 aliphatic heterocycles. The lowest BCUT2D eigenvalue weighted by Gasteiger charge is -2.27. The van der Waals surface area contributed by atoms with Gasteiger partial charge in [0.15, 0.2) is 22.8 Å². The van der Waals surface area contributed by atoms with Gasteiger partial charge in [0.1, 0.15) is 23.8 Å². The molecule has 1 fully saturated rings. The molecule has 0 saturated carbocycles. The Balaban J connectivity index is 1.76. The van der Waals surface area contributed by atoms with Gasteiger partial charge in [-0.3, -0.25) is 18.2 Å². The number of nitrogen functional groups attached to an aromatic ring is 1. The molecule has 0 aromatic carbocycles. The summed E-state index contributed by atoms with van der Waals surface area (Å²) in [5, 5.41) is 21.1. The van der Waals surface area contributed by atoms with Crippen LogP contribution >= 0.6 is 66.6 Å². The molecular weight excluding hydrogens is 691 g/mol. The van der Waals surface area contributed by atoms with Gasteiger partial charge in [0, 0.05) is 0 Å². The van der Waals surface area contributed by atoms with Gasteiger partial charge in [0.25, 0.3) is 2.72 Å². The van der Waals surface area contributed by atoms with Gasteiger partial charge >= 0.3 is 23.0 Å². The molecule has 8 N–H and O–H groups in total. The Morgan fingerprint density at radius 2 is 1.83 bits per heavy atom. The van der Waals surface area contributed by atoms with Gasteiger partial charge in [0.05, 0.1) is 12.9 Å². The molecule has 1 saturated heterocycles. The van der Waals surface area contributed by atoms with Gasteiger partial charge in [0.2, 0.25) is 0 Å². The van der Waals surface area contributed by atoms with Crippen LogP contribution in [-0.2, 0) is 27.3 Å². The first kappa shape index (κ1) is 29.5. The molecule has 23 heteroatoms. The third-order valence-electron chi connectivity index (χ3n) is 4.53. The fourth-order valence-electron chi connectivity index (χ4n) is 2.84. The highest BCUT2D eigenvalue weighted by Crippen LogP contribution is 2.81. The summed E-state index contributed by atoms with van der Waals surface area (Å²) in [6.45, 7) is -0.949. The molecule has 3 rings (SSSR count). The van der Waals surface area contributed by atoms with Gasteiger partial charge in [-0.05, 0) is 38.1 Å². The highest BCUT2D eigenvalue weighted by atomic mass is 79.9. The molecule has 0 bridgehead atoms. The Kier molecular flexibility index (Phi) is 8.68. The molecular formula is C12H18Br2N5O12P3S. The van der Waals surface area contributed by atoms with E-state index in [1.807, 2.05) is 0 Å². The number of aliphatic hydroxyl groups is 2. The summed E-state index contributed by atoms with van der Waals surface area (Å²) in [5.74, 6) is 0.0581. The number of aromatic nitrogens is 4. The average molecular weight is 709 g/mol. The molecule has 2 aromatic heterocycles. The highest BCUT2D eigenvalue weighted by Gasteiger charge is 2.61. The number of ether oxygens (including phenoxy) is 1. The fraction of sp³-hybridized carbons (Fsp3) is 0.583. The number of rotatable bonds is 9. The van der Waals surface area contributed by atoms with Crippen LogP contribution in [0.2, 0.25) is 0 Å². The Morgan fingerprint density at radius 1 is 1.20 bits per heavy atom. The molecule has 3 heterocycles. The van der Waals surface area contributed by atoms with Crippen molar-refractivity contribution >= 4 is 83.6 Å². The van der Waals surface area contributed by atoms with Gasteiger partial charge in [-0.1, -0.05) is 11.8 Å². The zero-order valence-electron chi connectivity index (χ0n) is 17.1. The number of nitrogens with zero attached hydrogens (tertiary/aromatic N) is 4. The van der Waals surface area contributed by atoms with E-state index in [1.165, 1.54) is 22.7 Å². The van der Waals surface area contributed by atoms with Crippen molar-refractivity contribution in [1.29, 1.82) is 0 Å². The smallest absolute Gasteiger partial charge is 0.387 e. The lowest BCUT2D eigenvalue weighted by atomic mass is 10.1. The third kappa shape index (κ3) is 5.87. The van der Waals surface area contributed by atoms with Crippen LogP contribution in [0.5, 0.6) is 0 Å². The maximum atomic E-state index is 12.2. The van der Waals surface area contributed by atoms with E-state index in [4.69, 9.17) is 10.5 Å². The Bertz CT molecular complexity index is 1260. The molecule has 17 nitrogen and oxygen atoms in total. The Hall–Kier alpha value is -0.0100. The number of phosphoric ester groups is 1. The van der Waals surface area contributed by atoms with Crippen LogP contribution in [0.3, 0.4) is 0 Å². The van der Waals surface area contributed by atoms with Crippen LogP contribution in [0, 0.1) is 0 Å². The normalized spacial score (nSPS) is 27.1. The van der Waals surface area contributed by atoms with E-state index in [0.717, 1.165) is 0 Å². The number of hydrogen-bond acceptors (Lipinski definition) is 13. The quantitative estimate of drug-likeness (QED) is 0.0815. The number of nitrogens with two attached hydrogens (primary N) is 1. The molecule has 1 aliphatic rings. The maximum Gasteiger partial charge on any atom is 0.479 e. The number of alkyl halides is 2.